The average molecular weight is 1260 g/mol. The van der Waals surface area contributed by atoms with E-state index in [1.54, 1.807) is 118 Å². The second-order valence-corrected chi connectivity index (χ2v) is 25.1. The number of unbranched alkanes of at least 4 members (excludes halogenated alkanes) is 2. The van der Waals surface area contributed by atoms with Crippen LogP contribution in [0.25, 0.3) is 0 Å². The van der Waals surface area contributed by atoms with E-state index in [-0.39, 0.29) is 62.9 Å². The van der Waals surface area contributed by atoms with Crippen LogP contribution in [0.2, 0.25) is 0 Å². The Bertz CT molecular complexity index is 3830. The number of benzene rings is 6. The number of aryl methyl sites for hydroxylation is 6. The molecule has 0 aliphatic rings. The maximum Gasteiger partial charge on any atom is 0.323 e. The smallest absolute Gasteiger partial charge is 0.323 e. The monoisotopic (exact) mass is 1260 g/mol. The number of amides is 2. The van der Waals surface area contributed by atoms with Gasteiger partial charge in [-0.15, -0.1) is 10.2 Å². The number of ether oxygens (including phenoxy) is 4. The van der Waals surface area contributed by atoms with E-state index in [1.165, 1.54) is 0 Å². The molecule has 0 bridgehead atoms. The molecule has 0 atom stereocenters. The number of anilines is 2. The van der Waals surface area contributed by atoms with E-state index in [2.05, 4.69) is 51.5 Å². The summed E-state index contributed by atoms with van der Waals surface area (Å²) in [6.07, 6.45) is 1.84. The maximum absolute atomic E-state index is 13.6. The van der Waals surface area contributed by atoms with Gasteiger partial charge in [0, 0.05) is 41.4 Å². The number of rotatable bonds is 32. The summed E-state index contributed by atoms with van der Waals surface area (Å²) in [6.45, 7) is 11.6. The van der Waals surface area contributed by atoms with Gasteiger partial charge in [-0.1, -0.05) is 12.1 Å². The van der Waals surface area contributed by atoms with Crippen molar-refractivity contribution in [2.45, 2.75) is 80.1 Å². The van der Waals surface area contributed by atoms with Gasteiger partial charge in [-0.3, -0.25) is 13.7 Å². The fraction of sp³-hybridized carbons (Fsp3) is 0.351. The maximum atomic E-state index is 13.6. The highest BCUT2D eigenvalue weighted by atomic mass is 32.2. The van der Waals surface area contributed by atoms with Gasteiger partial charge in [-0.2, -0.15) is 55.9 Å². The molecule has 0 fully saturated rings. The first-order valence-electron chi connectivity index (χ1n) is 26.9. The molecule has 86 heavy (non-hydrogen) atoms. The zero-order valence-electron chi connectivity index (χ0n) is 48.1. The Balaban J connectivity index is 1.12. The third-order valence-electron chi connectivity index (χ3n) is 12.4. The van der Waals surface area contributed by atoms with Crippen LogP contribution in [-0.2, 0) is 30.4 Å². The molecule has 6 N–H and O–H groups in total. The first-order valence-corrected chi connectivity index (χ1v) is 32.7. The van der Waals surface area contributed by atoms with Crippen LogP contribution in [0, 0.1) is 41.5 Å². The van der Waals surface area contributed by atoms with Gasteiger partial charge in [-0.05, 0) is 186 Å². The third-order valence-corrected chi connectivity index (χ3v) is 15.3. The molecule has 0 saturated heterocycles. The van der Waals surface area contributed by atoms with Crippen molar-refractivity contribution in [3.05, 3.63) is 130 Å². The van der Waals surface area contributed by atoms with Gasteiger partial charge in [-0.25, -0.2) is 4.79 Å². The summed E-state index contributed by atoms with van der Waals surface area (Å²) in [7, 11) is -12.3. The van der Waals surface area contributed by atoms with Crippen molar-refractivity contribution >= 4 is 105 Å². The number of carbonyl (C=O) groups is 1. The molecule has 0 unspecified atom stereocenters. The van der Waals surface area contributed by atoms with Crippen LogP contribution in [0.4, 0.5) is 61.7 Å². The Kier molecular flexibility index (Phi) is 25.1. The topological polar surface area (TPSA) is 360 Å². The molecule has 25 nitrogen and oxygen atoms in total. The molecule has 0 aliphatic heterocycles. The van der Waals surface area contributed by atoms with E-state index in [0.717, 1.165) is 5.56 Å². The molecule has 2 amide bonds. The highest BCUT2D eigenvalue weighted by Crippen LogP contribution is 2.40. The van der Waals surface area contributed by atoms with Crippen LogP contribution in [0.3, 0.4) is 0 Å². The SMILES string of the molecule is Cc1cc(N=Nc2cc(C)c(NC(=O)Nc3cc(C)c(N=Nc4cc(C)c(N=Nc5cccc(OCCCCS(=O)(=O)O)c5)cc4OCCCS(=O)(=O)O)cc3C)cc2C)c(OCCCSO)cc1N=Nc1cccc(OCCCCS(=O)(=O)O)c1. The van der Waals surface area contributed by atoms with Crippen molar-refractivity contribution in [2.75, 3.05) is 60.1 Å². The molecule has 0 spiro atoms. The molecular weight excluding hydrogens is 1190 g/mol. The Hall–Kier alpha value is -7.77. The lowest BCUT2D eigenvalue weighted by Crippen LogP contribution is -2.20. The first-order chi connectivity index (χ1) is 40.8. The van der Waals surface area contributed by atoms with Crippen molar-refractivity contribution in [3.63, 3.8) is 0 Å². The molecule has 460 valence electrons. The van der Waals surface area contributed by atoms with Crippen molar-refractivity contribution in [1.29, 1.82) is 0 Å². The average Bonchev–Trinajstić information content (AvgIpc) is 1.91. The number of hydrogen-bond donors (Lipinski definition) is 6. The predicted molar refractivity (Wildman–Crippen MR) is 330 cm³/mol. The highest BCUT2D eigenvalue weighted by molar-refractivity contribution is 7.93. The van der Waals surface area contributed by atoms with Crippen molar-refractivity contribution < 1.29 is 67.2 Å². The van der Waals surface area contributed by atoms with Crippen LogP contribution < -0.4 is 29.6 Å². The number of nitrogens with one attached hydrogen (secondary N) is 2. The standard InChI is InChI=1S/C57H68N10O15S4/c1-37-29-49(64-66-53-31-41(5)51(35-55(53)81-21-13-23-83-69)62-60-43-15-11-17-45(33-43)79-19-7-9-24-84(70,71)72)39(3)27-47(37)58-57(68)59-48-28-40(4)50(30-38(48)2)65-67-54-32-42(6)52(36-56(54)82-22-14-26-86(76,77)78)63-61-44-16-12-18-46(34-44)80-20-8-10-25-85(73,74)75/h11-12,15-18,27-36,69H,7-10,13-14,19-26H2,1-6H3,(H2,58,59,68)(H,70,71,72)(H,73,74,75)(H,76,77,78). The molecule has 6 rings (SSSR count). The summed E-state index contributed by atoms with van der Waals surface area (Å²) < 4.78 is 127. The Morgan fingerprint density at radius 1 is 0.419 bits per heavy atom. The molecule has 0 aliphatic carbocycles. The number of azo groups is 4. The summed E-state index contributed by atoms with van der Waals surface area (Å²) in [4.78, 5) is 13.6. The fourth-order valence-corrected chi connectivity index (χ4v) is 9.75. The molecule has 0 aromatic heterocycles. The minimum Gasteiger partial charge on any atom is -0.494 e. The second kappa shape index (κ2) is 32.1. The molecule has 29 heteroatoms. The van der Waals surface area contributed by atoms with Crippen molar-refractivity contribution in [1.82, 2.24) is 0 Å². The quantitative estimate of drug-likeness (QED) is 0.00989. The van der Waals surface area contributed by atoms with Gasteiger partial charge in [0.15, 0.2) is 0 Å². The summed E-state index contributed by atoms with van der Waals surface area (Å²) in [5.74, 6) is 0.832. The molecule has 0 heterocycles. The molecular formula is C57H68N10O15S4. The minimum absolute atomic E-state index is 0.0218. The Morgan fingerprint density at radius 3 is 1.19 bits per heavy atom. The third kappa shape index (κ3) is 23.2. The van der Waals surface area contributed by atoms with Crippen LogP contribution in [-0.4, -0.2) is 98.9 Å². The largest absolute Gasteiger partial charge is 0.494 e. The normalized spacial score (nSPS) is 12.2. The summed E-state index contributed by atoms with van der Waals surface area (Å²) in [5, 5.41) is 41.6. The van der Waals surface area contributed by atoms with E-state index in [9.17, 15) is 39.2 Å². The van der Waals surface area contributed by atoms with Gasteiger partial charge in [0.25, 0.3) is 30.4 Å². The first kappa shape index (κ1) is 67.4. The van der Waals surface area contributed by atoms with Crippen LogP contribution in [0.1, 0.15) is 71.9 Å². The van der Waals surface area contributed by atoms with E-state index in [1.807, 2.05) is 20.8 Å². The Morgan fingerprint density at radius 2 is 0.767 bits per heavy atom. The van der Waals surface area contributed by atoms with E-state index in [0.29, 0.717) is 139 Å². The predicted octanol–water partition coefficient (Wildman–Crippen LogP) is 15.6. The fourth-order valence-electron chi connectivity index (χ4n) is 7.88. The Labute approximate surface area is 504 Å². The number of nitrogens with zero attached hydrogens (tertiary/aromatic N) is 8. The molecule has 6 aromatic carbocycles. The number of carbonyl (C=O) groups excluding carboxylic acids is 1. The zero-order valence-corrected chi connectivity index (χ0v) is 51.4. The molecule has 6 aromatic rings. The van der Waals surface area contributed by atoms with Gasteiger partial charge >= 0.3 is 6.03 Å². The zero-order chi connectivity index (χ0) is 62.4. The van der Waals surface area contributed by atoms with E-state index >= 15 is 0 Å². The van der Waals surface area contributed by atoms with Crippen molar-refractivity contribution in [2.24, 2.45) is 40.9 Å². The summed E-state index contributed by atoms with van der Waals surface area (Å²) in [5.41, 5.74) is 8.81. The number of urea groups is 1. The molecule has 0 saturated carbocycles. The van der Waals surface area contributed by atoms with E-state index < -0.39 is 42.1 Å². The number of hydrogen-bond acceptors (Lipinski definition) is 21. The van der Waals surface area contributed by atoms with Gasteiger partial charge in [0.2, 0.25) is 0 Å². The highest BCUT2D eigenvalue weighted by Gasteiger charge is 2.16. The van der Waals surface area contributed by atoms with Crippen molar-refractivity contribution in [3.8, 4) is 23.0 Å². The molecule has 0 radical (unpaired) electrons. The van der Waals surface area contributed by atoms with E-state index in [4.69, 9.17) is 28.1 Å². The minimum atomic E-state index is -4.24. The van der Waals surface area contributed by atoms with Crippen LogP contribution in [0.5, 0.6) is 23.0 Å². The summed E-state index contributed by atoms with van der Waals surface area (Å²) in [6, 6.07) is 27.1. The van der Waals surface area contributed by atoms with Crippen LogP contribution in [0.15, 0.2) is 138 Å². The van der Waals surface area contributed by atoms with Crippen LogP contribution >= 0.6 is 12.0 Å². The van der Waals surface area contributed by atoms with Gasteiger partial charge < -0.3 is 34.1 Å². The lowest BCUT2D eigenvalue weighted by Gasteiger charge is -2.14. The lowest BCUT2D eigenvalue weighted by atomic mass is 10.1. The lowest BCUT2D eigenvalue weighted by molar-refractivity contribution is 0.262. The van der Waals surface area contributed by atoms with Gasteiger partial charge in [0.1, 0.15) is 34.4 Å². The second-order valence-electron chi connectivity index (χ2n) is 19.7. The van der Waals surface area contributed by atoms with Gasteiger partial charge in [0.05, 0.1) is 77.8 Å². The summed E-state index contributed by atoms with van der Waals surface area (Å²) >= 11 is 0.714.